The zero-order valence-corrected chi connectivity index (χ0v) is 10.8. The second kappa shape index (κ2) is 6.00. The molecular formula is C14H18N4. The molecule has 4 heteroatoms. The van der Waals surface area contributed by atoms with Gasteiger partial charge in [-0.15, -0.1) is 0 Å². The standard InChI is InChI=1S/C14H18N4/c1-18(2)13-9-11-16-14(17-13)15-10-8-12-6-4-3-5-7-12/h3-7,9,11H,8,10H2,1-2H3,(H,15,16,17). The average molecular weight is 242 g/mol. The summed E-state index contributed by atoms with van der Waals surface area (Å²) in [5.41, 5.74) is 1.31. The van der Waals surface area contributed by atoms with Crippen molar-refractivity contribution in [1.82, 2.24) is 9.97 Å². The number of rotatable bonds is 5. The predicted octanol–water partition coefficient (Wildman–Crippen LogP) is 2.20. The first-order valence-electron chi connectivity index (χ1n) is 6.04. The van der Waals surface area contributed by atoms with Gasteiger partial charge in [-0.05, 0) is 18.1 Å². The smallest absolute Gasteiger partial charge is 0.224 e. The van der Waals surface area contributed by atoms with Crippen LogP contribution in [-0.4, -0.2) is 30.6 Å². The Morgan fingerprint density at radius 2 is 1.89 bits per heavy atom. The van der Waals surface area contributed by atoms with Crippen LogP contribution in [0, 0.1) is 0 Å². The van der Waals surface area contributed by atoms with Gasteiger partial charge in [-0.25, -0.2) is 4.98 Å². The molecule has 0 aliphatic carbocycles. The minimum absolute atomic E-state index is 0.678. The third-order valence-corrected chi connectivity index (χ3v) is 2.64. The van der Waals surface area contributed by atoms with Gasteiger partial charge in [0, 0.05) is 26.8 Å². The number of benzene rings is 1. The van der Waals surface area contributed by atoms with Crippen LogP contribution in [-0.2, 0) is 6.42 Å². The van der Waals surface area contributed by atoms with Gasteiger partial charge in [0.2, 0.25) is 5.95 Å². The zero-order valence-electron chi connectivity index (χ0n) is 10.8. The Balaban J connectivity index is 1.89. The SMILES string of the molecule is CN(C)c1ccnc(NCCc2ccccc2)n1. The lowest BCUT2D eigenvalue weighted by Crippen LogP contribution is -2.13. The molecule has 0 bridgehead atoms. The van der Waals surface area contributed by atoms with Crippen molar-refractivity contribution in [1.29, 1.82) is 0 Å². The molecule has 1 aromatic carbocycles. The number of hydrogen-bond donors (Lipinski definition) is 1. The Kier molecular flexibility index (Phi) is 4.12. The molecule has 0 unspecified atom stereocenters. The van der Waals surface area contributed by atoms with Crippen LogP contribution in [0.25, 0.3) is 0 Å². The summed E-state index contributed by atoms with van der Waals surface area (Å²) >= 11 is 0. The Bertz CT molecular complexity index is 482. The molecule has 0 saturated heterocycles. The molecule has 0 spiro atoms. The van der Waals surface area contributed by atoms with E-state index in [0.717, 1.165) is 18.8 Å². The van der Waals surface area contributed by atoms with Crippen molar-refractivity contribution in [2.24, 2.45) is 0 Å². The first-order chi connectivity index (χ1) is 8.75. The Morgan fingerprint density at radius 3 is 2.61 bits per heavy atom. The fourth-order valence-electron chi connectivity index (χ4n) is 1.65. The highest BCUT2D eigenvalue weighted by Crippen LogP contribution is 2.08. The summed E-state index contributed by atoms with van der Waals surface area (Å²) in [5, 5.41) is 3.24. The first kappa shape index (κ1) is 12.4. The lowest BCUT2D eigenvalue weighted by atomic mass is 10.1. The fourth-order valence-corrected chi connectivity index (χ4v) is 1.65. The van der Waals surface area contributed by atoms with Crippen LogP contribution >= 0.6 is 0 Å². The van der Waals surface area contributed by atoms with Gasteiger partial charge in [0.15, 0.2) is 0 Å². The summed E-state index contributed by atoms with van der Waals surface area (Å²) in [6, 6.07) is 12.3. The molecule has 1 N–H and O–H groups in total. The van der Waals surface area contributed by atoms with Crippen LogP contribution in [0.3, 0.4) is 0 Å². The quantitative estimate of drug-likeness (QED) is 0.872. The van der Waals surface area contributed by atoms with Gasteiger partial charge in [-0.2, -0.15) is 4.98 Å². The van der Waals surface area contributed by atoms with Crippen molar-refractivity contribution < 1.29 is 0 Å². The Morgan fingerprint density at radius 1 is 1.11 bits per heavy atom. The number of nitrogens with zero attached hydrogens (tertiary/aromatic N) is 3. The van der Waals surface area contributed by atoms with Crippen molar-refractivity contribution in [2.75, 3.05) is 30.9 Å². The molecule has 0 saturated carbocycles. The molecule has 1 aromatic heterocycles. The van der Waals surface area contributed by atoms with Crippen LogP contribution in [0.5, 0.6) is 0 Å². The maximum atomic E-state index is 4.41. The average Bonchev–Trinajstić information content (AvgIpc) is 2.40. The second-order valence-corrected chi connectivity index (χ2v) is 4.30. The normalized spacial score (nSPS) is 10.1. The van der Waals surface area contributed by atoms with Crippen LogP contribution in [0.4, 0.5) is 11.8 Å². The van der Waals surface area contributed by atoms with Crippen LogP contribution in [0.1, 0.15) is 5.56 Å². The van der Waals surface area contributed by atoms with Gasteiger partial charge in [0.05, 0.1) is 0 Å². The molecule has 0 radical (unpaired) electrons. The summed E-state index contributed by atoms with van der Waals surface area (Å²) < 4.78 is 0. The summed E-state index contributed by atoms with van der Waals surface area (Å²) in [7, 11) is 3.94. The second-order valence-electron chi connectivity index (χ2n) is 4.30. The van der Waals surface area contributed by atoms with Crippen molar-refractivity contribution in [3.63, 3.8) is 0 Å². The van der Waals surface area contributed by atoms with E-state index < -0.39 is 0 Å². The maximum absolute atomic E-state index is 4.41. The zero-order chi connectivity index (χ0) is 12.8. The third kappa shape index (κ3) is 3.45. The molecule has 1 heterocycles. The molecular weight excluding hydrogens is 224 g/mol. The lowest BCUT2D eigenvalue weighted by Gasteiger charge is -2.12. The maximum Gasteiger partial charge on any atom is 0.224 e. The van der Waals surface area contributed by atoms with Gasteiger partial charge < -0.3 is 10.2 Å². The molecule has 0 aliphatic heterocycles. The molecule has 94 valence electrons. The van der Waals surface area contributed by atoms with E-state index in [4.69, 9.17) is 0 Å². The van der Waals surface area contributed by atoms with E-state index in [-0.39, 0.29) is 0 Å². The van der Waals surface area contributed by atoms with E-state index in [0.29, 0.717) is 5.95 Å². The summed E-state index contributed by atoms with van der Waals surface area (Å²) in [5.74, 6) is 1.59. The first-order valence-corrected chi connectivity index (χ1v) is 6.04. The number of anilines is 2. The highest BCUT2D eigenvalue weighted by atomic mass is 15.2. The highest BCUT2D eigenvalue weighted by molar-refractivity contribution is 5.40. The number of hydrogen-bond acceptors (Lipinski definition) is 4. The molecule has 18 heavy (non-hydrogen) atoms. The Hall–Kier alpha value is -2.10. The van der Waals surface area contributed by atoms with Crippen molar-refractivity contribution >= 4 is 11.8 Å². The topological polar surface area (TPSA) is 41.1 Å². The minimum Gasteiger partial charge on any atom is -0.363 e. The van der Waals surface area contributed by atoms with Crippen molar-refractivity contribution in [3.05, 3.63) is 48.2 Å². The van der Waals surface area contributed by atoms with Crippen molar-refractivity contribution in [3.8, 4) is 0 Å². The lowest BCUT2D eigenvalue weighted by molar-refractivity contribution is 0.969. The molecule has 0 amide bonds. The van der Waals surface area contributed by atoms with Crippen LogP contribution < -0.4 is 10.2 Å². The molecule has 4 nitrogen and oxygen atoms in total. The van der Waals surface area contributed by atoms with Crippen LogP contribution in [0.2, 0.25) is 0 Å². The van der Waals surface area contributed by atoms with Gasteiger partial charge in [0.1, 0.15) is 5.82 Å². The van der Waals surface area contributed by atoms with Gasteiger partial charge in [-0.3, -0.25) is 0 Å². The minimum atomic E-state index is 0.678. The van der Waals surface area contributed by atoms with E-state index >= 15 is 0 Å². The summed E-state index contributed by atoms with van der Waals surface area (Å²) in [4.78, 5) is 10.6. The molecule has 0 aliphatic rings. The van der Waals surface area contributed by atoms with Gasteiger partial charge >= 0.3 is 0 Å². The number of nitrogens with one attached hydrogen (secondary N) is 1. The van der Waals surface area contributed by atoms with Gasteiger partial charge in [-0.1, -0.05) is 30.3 Å². The van der Waals surface area contributed by atoms with E-state index in [2.05, 4.69) is 39.6 Å². The fraction of sp³-hybridized carbons (Fsp3) is 0.286. The molecule has 2 aromatic rings. The molecule has 0 fully saturated rings. The van der Waals surface area contributed by atoms with E-state index in [1.54, 1.807) is 6.20 Å². The summed E-state index contributed by atoms with van der Waals surface area (Å²) in [6.07, 6.45) is 2.74. The molecule has 2 rings (SSSR count). The van der Waals surface area contributed by atoms with E-state index in [1.807, 2.05) is 31.1 Å². The van der Waals surface area contributed by atoms with E-state index in [1.165, 1.54) is 5.56 Å². The monoisotopic (exact) mass is 242 g/mol. The highest BCUT2D eigenvalue weighted by Gasteiger charge is 2.00. The largest absolute Gasteiger partial charge is 0.363 e. The predicted molar refractivity (Wildman–Crippen MR) is 75.0 cm³/mol. The third-order valence-electron chi connectivity index (χ3n) is 2.64. The van der Waals surface area contributed by atoms with Gasteiger partial charge in [0.25, 0.3) is 0 Å². The Labute approximate surface area is 108 Å². The summed E-state index contributed by atoms with van der Waals surface area (Å²) in [6.45, 7) is 0.834. The van der Waals surface area contributed by atoms with E-state index in [9.17, 15) is 0 Å². The number of aromatic nitrogens is 2. The molecule has 0 atom stereocenters. The van der Waals surface area contributed by atoms with Crippen molar-refractivity contribution in [2.45, 2.75) is 6.42 Å². The van der Waals surface area contributed by atoms with Crippen LogP contribution in [0.15, 0.2) is 42.6 Å².